The quantitative estimate of drug-likeness (QED) is 0.00945. The number of carbonyl (C=O) groups is 16. The van der Waals surface area contributed by atoms with Crippen molar-refractivity contribution in [2.75, 3.05) is 0 Å². The number of ketones is 5. The van der Waals surface area contributed by atoms with Crippen molar-refractivity contribution in [3.8, 4) is 0 Å². The number of amides is 4. The molecule has 39 heteroatoms. The van der Waals surface area contributed by atoms with Gasteiger partial charge in [-0.15, -0.1) is 0 Å². The number of nitro groups is 3. The van der Waals surface area contributed by atoms with Crippen molar-refractivity contribution >= 4 is 141 Å². The molecular weight excluding hydrogens is 1780 g/mol. The summed E-state index contributed by atoms with van der Waals surface area (Å²) in [5.41, 5.74) is 4.82. The van der Waals surface area contributed by atoms with E-state index in [9.17, 15) is 122 Å². The van der Waals surface area contributed by atoms with E-state index in [1.54, 1.807) is 91.9 Å². The predicted octanol–water partition coefficient (Wildman–Crippen LogP) is 5.54. The molecule has 1 unspecified atom stereocenters. The number of carboxylic acid groups (broad SMARTS) is 1. The number of aliphatic hydroxyl groups excluding tert-OH is 2. The molecule has 7 aromatic carbocycles. The summed E-state index contributed by atoms with van der Waals surface area (Å²) in [6.07, 6.45) is -1.78. The van der Waals surface area contributed by atoms with Crippen LogP contribution in [0.2, 0.25) is 0 Å². The number of aliphatic hydroxyl groups is 2. The molecule has 0 spiro atoms. The number of fused-ring (bicyclic) bond motifs is 4. The number of β-lactam (4-membered cyclic amide) rings is 4. The minimum absolute atomic E-state index is 0. The number of aliphatic carboxylic acids is 1. The Morgan fingerprint density at radius 1 is 0.363 bits per heavy atom. The monoisotopic (exact) mass is 1880 g/mol. The van der Waals surface area contributed by atoms with E-state index in [-0.39, 0.29) is 204 Å². The zero-order chi connectivity index (χ0) is 98.1. The van der Waals surface area contributed by atoms with E-state index < -0.39 is 123 Å². The van der Waals surface area contributed by atoms with E-state index >= 15 is 0 Å². The van der Waals surface area contributed by atoms with E-state index in [1.807, 2.05) is 48.5 Å². The van der Waals surface area contributed by atoms with Gasteiger partial charge in [0.05, 0.1) is 103 Å². The van der Waals surface area contributed by atoms with E-state index in [4.69, 9.17) is 24.3 Å². The maximum Gasteiger partial charge on any atom is 1.00 e. The average Bonchev–Trinajstić information content (AvgIpc) is 1.54. The van der Waals surface area contributed by atoms with Crippen LogP contribution in [0.25, 0.3) is 16.7 Å². The molecular formula is C96H95BKN7O30. The predicted molar refractivity (Wildman–Crippen MR) is 474 cm³/mol. The Hall–Kier alpha value is -13.4. The van der Waals surface area contributed by atoms with Gasteiger partial charge in [0, 0.05) is 82.3 Å². The Kier molecular flexibility index (Phi) is 33.5. The van der Waals surface area contributed by atoms with Gasteiger partial charge in [-0.1, -0.05) is 160 Å². The molecule has 8 aliphatic rings. The van der Waals surface area contributed by atoms with Crippen molar-refractivity contribution in [3.63, 3.8) is 0 Å². The second kappa shape index (κ2) is 42.9. The van der Waals surface area contributed by atoms with Crippen LogP contribution < -0.4 is 62.0 Å². The first-order chi connectivity index (χ1) is 62.6. The fraction of sp³-hybridized carbons (Fsp3) is 0.333. The fourth-order valence-corrected chi connectivity index (χ4v) is 18.2. The summed E-state index contributed by atoms with van der Waals surface area (Å²) in [5, 5.41) is 81.3. The largest absolute Gasteiger partial charge is 1.00 e. The second-order valence-corrected chi connectivity index (χ2v) is 33.9. The van der Waals surface area contributed by atoms with Crippen LogP contribution in [0.5, 0.6) is 0 Å². The Labute approximate surface area is 815 Å². The third-order valence-electron chi connectivity index (χ3n) is 24.9. The van der Waals surface area contributed by atoms with Gasteiger partial charge in [-0.25, -0.2) is 28.8 Å². The molecule has 37 nitrogen and oxygen atoms in total. The SMILES string of the molecule is C.CC(=O)c1ccc(B(O)O)cc1.CC(=O)c1ccc(C2=C(C(=O)OC(=O)c3ccc([N+](=O)[O-])cc3)N3C(=O)[C@H](C(C)C)[C@H]3[C@H]2C)cc1.CC(=O)c1ccc(C2=C(C(=O)OC(=O)c3ccc([N+](=O)[O-])cc3)N3C(=O)[C@H]([C@@H](C)O)[C@H]3[C@H]2C)cc1.CC(=O)c1ccc(C2=C(C(=O)[O-])N3C(=O)[C@H]([C@@H](C)O)[C@H]3[C@H]2C)cc1.CC(C)[C@H]1C(=O)N2C(C(=O)OC(=O)c3ccc([N+](=O)[O-])cc3)C(=O)[C@H](C)[C@H]12.[K+]. The zero-order valence-electron chi connectivity index (χ0n) is 75.1. The molecule has 4 amide bonds. The molecule has 15 atom stereocenters. The van der Waals surface area contributed by atoms with Crippen LogP contribution in [-0.2, 0) is 57.4 Å². The molecule has 0 saturated carbocycles. The summed E-state index contributed by atoms with van der Waals surface area (Å²) in [5.74, 6) is -12.9. The number of carbonyl (C=O) groups excluding carboxylic acids is 16. The van der Waals surface area contributed by atoms with Gasteiger partial charge in [-0.2, -0.15) is 0 Å². The first kappa shape index (κ1) is 105. The minimum atomic E-state index is -1.47. The van der Waals surface area contributed by atoms with Crippen LogP contribution in [0.15, 0.2) is 187 Å². The molecule has 5 fully saturated rings. The number of nitro benzene ring substituents is 3. The molecule has 0 aromatic heterocycles. The second-order valence-electron chi connectivity index (χ2n) is 33.9. The number of esters is 6. The molecule has 15 rings (SSSR count). The topological polar surface area (TPSA) is 547 Å². The molecule has 7 aromatic rings. The molecule has 0 radical (unpaired) electrons. The molecule has 5 saturated heterocycles. The molecule has 0 bridgehead atoms. The third-order valence-corrected chi connectivity index (χ3v) is 24.9. The van der Waals surface area contributed by atoms with E-state index in [2.05, 4.69) is 0 Å². The van der Waals surface area contributed by atoms with Gasteiger partial charge in [0.2, 0.25) is 23.6 Å². The number of non-ortho nitro benzene ring substituents is 3. The number of hydrogen-bond donors (Lipinski definition) is 4. The fourth-order valence-electron chi connectivity index (χ4n) is 18.2. The Morgan fingerprint density at radius 3 is 0.896 bits per heavy atom. The van der Waals surface area contributed by atoms with Gasteiger partial charge >= 0.3 is 94.3 Å². The Bertz CT molecular complexity index is 5890. The maximum atomic E-state index is 13.3. The summed E-state index contributed by atoms with van der Waals surface area (Å²) in [7, 11) is -1.47. The number of nitrogens with zero attached hydrogens (tertiary/aromatic N) is 7. The normalized spacial score (nSPS) is 22.0. The smallest absolute Gasteiger partial charge is 0.543 e. The molecule has 8 heterocycles. The van der Waals surface area contributed by atoms with Gasteiger partial charge in [0.15, 0.2) is 35.0 Å². The van der Waals surface area contributed by atoms with Crippen LogP contribution in [0, 0.1) is 89.5 Å². The standard InChI is InChI=1S/C26H24N2O7.C25H22N2O8.C18H18N2O7.C18H19NO5.C8H9BO3.CH4.K/c1-13(2)20-22-14(3)21(17-7-5-16(6-8-17)15(4)29)23(27(22)24(20)30)26(32)35-25(31)18-9-11-19(12-10-18)28(33)34;1-12-19(16-6-4-15(5-7-16)13(2)28)22(26-21(12)20(14(3)29)23(26)30)25(32)35-24(31)17-8-10-18(11-9-17)27(33)34;1-8(2)12-13-9(3)15(21)14(19(13)16(12)22)18(24)27-17(23)10-4-6-11(7-5-10)20(25)26;1-8-13(12-6-4-11(5-7-12)9(2)20)16(18(23)24)19-15(8)14(10(3)21)17(19)22;1-6(10)7-2-4-8(5-3-7)9(11)12;;/h5-14,20,22H,1-4H3;4-12,14,20-21,29H,1-3H3;4-9,12-14H,1-3H3;4-8,10,14-15,21H,1-3H3,(H,23,24);2-5,11-12H,1H3;1H4;/q;;;;;;+1/p-1/t14-,20+,22+;12-,14+,20+,21+;9-,12-,13-,14?;8-,10+,14+,15+;;;/m0010.../s1. The summed E-state index contributed by atoms with van der Waals surface area (Å²) < 4.78 is 15.0. The van der Waals surface area contributed by atoms with Crippen molar-refractivity contribution < 1.29 is 182 Å². The molecule has 8 aliphatic heterocycles. The Balaban J connectivity index is 0.000000195. The van der Waals surface area contributed by atoms with Gasteiger partial charge in [-0.3, -0.25) is 73.5 Å². The number of rotatable bonds is 22. The number of hydrogen-bond acceptors (Lipinski definition) is 30. The summed E-state index contributed by atoms with van der Waals surface area (Å²) in [6, 6.07) is 36.9. The van der Waals surface area contributed by atoms with Gasteiger partial charge in [0.1, 0.15) is 11.4 Å². The van der Waals surface area contributed by atoms with Crippen molar-refractivity contribution in [2.24, 2.45) is 59.2 Å². The first-order valence-corrected chi connectivity index (χ1v) is 42.0. The van der Waals surface area contributed by atoms with Crippen molar-refractivity contribution in [3.05, 3.63) is 273 Å². The first-order valence-electron chi connectivity index (χ1n) is 42.0. The van der Waals surface area contributed by atoms with E-state index in [0.717, 1.165) is 48.5 Å². The van der Waals surface area contributed by atoms with Crippen LogP contribution in [-0.4, -0.2) is 198 Å². The van der Waals surface area contributed by atoms with Crippen molar-refractivity contribution in [1.82, 2.24) is 19.6 Å². The van der Waals surface area contributed by atoms with Crippen LogP contribution in [0.3, 0.4) is 0 Å². The summed E-state index contributed by atoms with van der Waals surface area (Å²) in [6.45, 7) is 23.7. The molecule has 4 N–H and O–H groups in total. The number of ether oxygens (including phenoxy) is 3. The molecule has 0 aliphatic carbocycles. The summed E-state index contributed by atoms with van der Waals surface area (Å²) >= 11 is 0. The third kappa shape index (κ3) is 21.0. The molecule has 698 valence electrons. The van der Waals surface area contributed by atoms with Gasteiger partial charge in [-0.05, 0) is 129 Å². The summed E-state index contributed by atoms with van der Waals surface area (Å²) in [4.78, 5) is 232. The van der Waals surface area contributed by atoms with Crippen LogP contribution >= 0.6 is 0 Å². The van der Waals surface area contributed by atoms with Crippen molar-refractivity contribution in [1.29, 1.82) is 0 Å². The number of carboxylic acids is 1. The zero-order valence-corrected chi connectivity index (χ0v) is 78.2. The number of benzene rings is 7. The van der Waals surface area contributed by atoms with Crippen LogP contribution in [0.4, 0.5) is 17.1 Å². The average molecular weight is 1880 g/mol. The minimum Gasteiger partial charge on any atom is -0.543 e. The van der Waals surface area contributed by atoms with E-state index in [1.165, 1.54) is 97.5 Å². The van der Waals surface area contributed by atoms with Gasteiger partial charge in [0.25, 0.3) is 17.1 Å². The van der Waals surface area contributed by atoms with Crippen LogP contribution in [0.1, 0.15) is 194 Å². The maximum absolute atomic E-state index is 13.3. The Morgan fingerprint density at radius 2 is 0.622 bits per heavy atom. The van der Waals surface area contributed by atoms with Crippen molar-refractivity contribution in [2.45, 2.75) is 147 Å². The van der Waals surface area contributed by atoms with Gasteiger partial charge < -0.3 is 64.0 Å². The molecule has 135 heavy (non-hydrogen) atoms. The van der Waals surface area contributed by atoms with E-state index in [0.29, 0.717) is 61.1 Å². The number of Topliss-reactive ketones (excluding diaryl/α,β-unsaturated/α-hetero) is 5.